The maximum atomic E-state index is 13.2. The highest BCUT2D eigenvalue weighted by atomic mass is 32.2. The van der Waals surface area contributed by atoms with E-state index in [1.54, 1.807) is 11.8 Å². The fourth-order valence-corrected chi connectivity index (χ4v) is 5.20. The number of ether oxygens (including phenoxy) is 2. The van der Waals surface area contributed by atoms with E-state index in [1.165, 1.54) is 0 Å². The number of hydrogen-bond donors (Lipinski definition) is 2. The minimum atomic E-state index is -0.468. The van der Waals surface area contributed by atoms with Crippen molar-refractivity contribution < 1.29 is 14.3 Å². The number of nitrogens with one attached hydrogen (secondary N) is 2. The van der Waals surface area contributed by atoms with Crippen LogP contribution in [-0.2, 0) is 4.79 Å². The van der Waals surface area contributed by atoms with Gasteiger partial charge in [-0.2, -0.15) is 0 Å². The number of ketones is 1. The maximum absolute atomic E-state index is 13.2. The van der Waals surface area contributed by atoms with Gasteiger partial charge in [0.1, 0.15) is 5.82 Å². The number of allylic oxidation sites excluding steroid dienone is 2. The van der Waals surface area contributed by atoms with Gasteiger partial charge >= 0.3 is 0 Å². The first kappa shape index (κ1) is 19.2. The highest BCUT2D eigenvalue weighted by molar-refractivity contribution is 7.99. The summed E-state index contributed by atoms with van der Waals surface area (Å²) in [4.78, 5) is 33.7. The number of rotatable bonds is 5. The molecule has 3 aliphatic rings. The fraction of sp³-hybridized carbons (Fsp3) is 0.409. The lowest BCUT2D eigenvalue weighted by atomic mass is 9.76. The molecule has 2 N–H and O–H groups in total. The summed E-state index contributed by atoms with van der Waals surface area (Å²) in [5.41, 5.74) is 2.67. The summed E-state index contributed by atoms with van der Waals surface area (Å²) in [6.07, 6.45) is 4.21. The van der Waals surface area contributed by atoms with Crippen LogP contribution in [0.3, 0.4) is 0 Å². The highest BCUT2D eigenvalue weighted by Gasteiger charge is 2.38. The number of aromatic nitrogens is 2. The van der Waals surface area contributed by atoms with Crippen molar-refractivity contribution in [3.63, 3.8) is 0 Å². The van der Waals surface area contributed by atoms with E-state index in [0.717, 1.165) is 42.7 Å². The Morgan fingerprint density at radius 1 is 1.20 bits per heavy atom. The first-order valence-electron chi connectivity index (χ1n) is 10.4. The van der Waals surface area contributed by atoms with Crippen molar-refractivity contribution in [2.24, 2.45) is 0 Å². The largest absolute Gasteiger partial charge is 0.454 e. The van der Waals surface area contributed by atoms with Gasteiger partial charge < -0.3 is 19.8 Å². The molecule has 0 fully saturated rings. The van der Waals surface area contributed by atoms with Gasteiger partial charge in [-0.3, -0.25) is 9.59 Å². The van der Waals surface area contributed by atoms with Crippen LogP contribution in [0.15, 0.2) is 39.4 Å². The van der Waals surface area contributed by atoms with Crippen LogP contribution in [0.5, 0.6) is 11.5 Å². The summed E-state index contributed by atoms with van der Waals surface area (Å²) in [7, 11) is 0. The number of thioether (sulfide) groups is 1. The molecule has 0 spiro atoms. The van der Waals surface area contributed by atoms with E-state index in [4.69, 9.17) is 14.5 Å². The number of aromatic amines is 1. The topological polar surface area (TPSA) is 93.3 Å². The van der Waals surface area contributed by atoms with E-state index in [1.807, 2.05) is 18.2 Å². The van der Waals surface area contributed by atoms with Crippen molar-refractivity contribution in [3.8, 4) is 11.5 Å². The summed E-state index contributed by atoms with van der Waals surface area (Å²) < 4.78 is 11.0. The monoisotopic (exact) mass is 425 g/mol. The second-order valence-electron chi connectivity index (χ2n) is 7.68. The maximum Gasteiger partial charge on any atom is 0.257 e. The van der Waals surface area contributed by atoms with Crippen molar-refractivity contribution in [3.05, 3.63) is 50.9 Å². The molecule has 156 valence electrons. The molecule has 1 aromatic carbocycles. The van der Waals surface area contributed by atoms with Crippen LogP contribution >= 0.6 is 11.8 Å². The summed E-state index contributed by atoms with van der Waals surface area (Å²) in [5, 5.41) is 3.92. The van der Waals surface area contributed by atoms with Gasteiger partial charge in [0.15, 0.2) is 22.4 Å². The molecule has 7 nitrogen and oxygen atoms in total. The third-order valence-corrected chi connectivity index (χ3v) is 6.66. The molecule has 3 heterocycles. The van der Waals surface area contributed by atoms with E-state index in [-0.39, 0.29) is 18.1 Å². The summed E-state index contributed by atoms with van der Waals surface area (Å²) in [5.74, 6) is 2.37. The van der Waals surface area contributed by atoms with Crippen molar-refractivity contribution in [2.75, 3.05) is 17.9 Å². The van der Waals surface area contributed by atoms with Crippen molar-refractivity contribution in [2.45, 2.75) is 50.1 Å². The predicted octanol–water partition coefficient (Wildman–Crippen LogP) is 3.96. The van der Waals surface area contributed by atoms with Crippen LogP contribution < -0.4 is 20.3 Å². The molecule has 1 aromatic heterocycles. The van der Waals surface area contributed by atoms with E-state index < -0.39 is 5.92 Å². The Morgan fingerprint density at radius 2 is 2.07 bits per heavy atom. The number of carbonyl (C=O) groups excluding carboxylic acids is 1. The van der Waals surface area contributed by atoms with E-state index in [9.17, 15) is 9.59 Å². The number of nitrogens with zero attached hydrogens (tertiary/aromatic N) is 1. The number of anilines is 1. The van der Waals surface area contributed by atoms with Crippen LogP contribution in [0.4, 0.5) is 5.82 Å². The number of unbranched alkanes of at least 4 members (excludes halogenated alkanes) is 1. The predicted molar refractivity (Wildman–Crippen MR) is 114 cm³/mol. The second-order valence-corrected chi connectivity index (χ2v) is 8.76. The quantitative estimate of drug-likeness (QED) is 0.425. The summed E-state index contributed by atoms with van der Waals surface area (Å²) in [6.45, 7) is 2.31. The number of benzene rings is 1. The Kier molecular flexibility index (Phi) is 5.02. The van der Waals surface area contributed by atoms with E-state index in [2.05, 4.69) is 17.2 Å². The Bertz CT molecular complexity index is 1110. The molecule has 0 unspecified atom stereocenters. The lowest BCUT2D eigenvalue weighted by Crippen LogP contribution is -2.32. The average molecular weight is 426 g/mol. The number of carbonyl (C=O) groups is 1. The van der Waals surface area contributed by atoms with E-state index in [0.29, 0.717) is 40.0 Å². The van der Waals surface area contributed by atoms with Crippen LogP contribution in [0.25, 0.3) is 0 Å². The molecular weight excluding hydrogens is 402 g/mol. The molecule has 8 heteroatoms. The SMILES string of the molecule is CCCCSc1nc2c(c(=O)[nH]1)[C@@H](c1ccc3c(c1)OCO3)C1=C(CCCC1=O)N2. The van der Waals surface area contributed by atoms with Gasteiger partial charge in [0.05, 0.1) is 5.56 Å². The smallest absolute Gasteiger partial charge is 0.257 e. The van der Waals surface area contributed by atoms with Gasteiger partial charge in [0, 0.05) is 29.4 Å². The summed E-state index contributed by atoms with van der Waals surface area (Å²) in [6, 6.07) is 5.62. The molecule has 5 rings (SSSR count). The number of fused-ring (bicyclic) bond motifs is 2. The van der Waals surface area contributed by atoms with Gasteiger partial charge in [-0.25, -0.2) is 4.98 Å². The van der Waals surface area contributed by atoms with Crippen molar-refractivity contribution in [1.82, 2.24) is 9.97 Å². The number of H-pyrrole nitrogens is 1. The molecule has 0 bridgehead atoms. The van der Waals surface area contributed by atoms with Crippen molar-refractivity contribution in [1.29, 1.82) is 0 Å². The first-order chi connectivity index (χ1) is 14.7. The van der Waals surface area contributed by atoms with Crippen LogP contribution in [0, 0.1) is 0 Å². The van der Waals surface area contributed by atoms with Gasteiger partial charge in [-0.05, 0) is 37.0 Å². The zero-order valence-corrected chi connectivity index (χ0v) is 17.6. The first-order valence-corrected chi connectivity index (χ1v) is 11.3. The molecule has 2 aliphatic heterocycles. The van der Waals surface area contributed by atoms with Crippen molar-refractivity contribution >= 4 is 23.4 Å². The van der Waals surface area contributed by atoms with Gasteiger partial charge in [0.2, 0.25) is 6.79 Å². The van der Waals surface area contributed by atoms with Gasteiger partial charge in [-0.15, -0.1) is 0 Å². The molecule has 0 saturated heterocycles. The molecular formula is C22H23N3O4S. The van der Waals surface area contributed by atoms with E-state index >= 15 is 0 Å². The van der Waals surface area contributed by atoms with Gasteiger partial charge in [-0.1, -0.05) is 31.2 Å². The van der Waals surface area contributed by atoms with Crippen LogP contribution in [-0.4, -0.2) is 28.3 Å². The minimum absolute atomic E-state index is 0.0814. The Hall–Kier alpha value is -2.74. The second kappa shape index (κ2) is 7.83. The lowest BCUT2D eigenvalue weighted by molar-refractivity contribution is -0.116. The molecule has 1 aliphatic carbocycles. The Balaban J connectivity index is 1.63. The number of Topliss-reactive ketones (excluding diaryl/α,β-unsaturated/α-hetero) is 1. The standard InChI is InChI=1S/C22H23N3O4S/c1-2-3-9-30-22-24-20-19(21(27)25-22)17(18-13(23-20)5-4-6-14(18)26)12-7-8-15-16(10-12)29-11-28-15/h7-8,10,17H,2-6,9,11H2,1H3,(H2,23,24,25,27)/t17-/m0/s1. The molecule has 2 aromatic rings. The third-order valence-electron chi connectivity index (χ3n) is 5.70. The molecule has 0 amide bonds. The normalized spacial score (nSPS) is 19.4. The molecule has 30 heavy (non-hydrogen) atoms. The van der Waals surface area contributed by atoms with Crippen LogP contribution in [0.2, 0.25) is 0 Å². The molecule has 1 atom stereocenters. The fourth-order valence-electron chi connectivity index (χ4n) is 4.25. The average Bonchev–Trinajstić information content (AvgIpc) is 3.20. The number of hydrogen-bond acceptors (Lipinski definition) is 7. The Labute approximate surface area is 178 Å². The van der Waals surface area contributed by atoms with Gasteiger partial charge in [0.25, 0.3) is 5.56 Å². The molecule has 0 saturated carbocycles. The lowest BCUT2D eigenvalue weighted by Gasteiger charge is -2.32. The zero-order valence-electron chi connectivity index (χ0n) is 16.7. The third kappa shape index (κ3) is 3.29. The Morgan fingerprint density at radius 3 is 2.93 bits per heavy atom. The summed E-state index contributed by atoms with van der Waals surface area (Å²) >= 11 is 1.55. The molecule has 0 radical (unpaired) electrons. The zero-order chi connectivity index (χ0) is 20.7. The minimum Gasteiger partial charge on any atom is -0.454 e. The van der Waals surface area contributed by atoms with Crippen LogP contribution in [0.1, 0.15) is 56.1 Å². The highest BCUT2D eigenvalue weighted by Crippen LogP contribution is 2.45.